The highest BCUT2D eigenvalue weighted by Crippen LogP contribution is 2.34. The number of ether oxygens (including phenoxy) is 1. The van der Waals surface area contributed by atoms with Gasteiger partial charge in [0.05, 0.1) is 19.1 Å². The van der Waals surface area contributed by atoms with Crippen molar-refractivity contribution in [2.24, 2.45) is 0 Å². The number of nitrogens with zero attached hydrogens (tertiary/aromatic N) is 1. The minimum atomic E-state index is 0.747. The number of allylic oxidation sites excluding steroid dienone is 1. The minimum absolute atomic E-state index is 0.747. The van der Waals surface area contributed by atoms with E-state index < -0.39 is 0 Å². The first-order valence-corrected chi connectivity index (χ1v) is 5.97. The van der Waals surface area contributed by atoms with Crippen molar-refractivity contribution in [2.45, 2.75) is 38.5 Å². The van der Waals surface area contributed by atoms with Crippen LogP contribution in [-0.4, -0.2) is 12.1 Å². The van der Waals surface area contributed by atoms with E-state index in [1.54, 1.807) is 13.4 Å². The van der Waals surface area contributed by atoms with Crippen molar-refractivity contribution < 1.29 is 4.74 Å². The van der Waals surface area contributed by atoms with Gasteiger partial charge in [-0.2, -0.15) is 0 Å². The summed E-state index contributed by atoms with van der Waals surface area (Å²) in [5.74, 6) is 0.747. The van der Waals surface area contributed by atoms with Crippen LogP contribution in [0.2, 0.25) is 0 Å². The quantitative estimate of drug-likeness (QED) is 0.719. The molecule has 0 unspecified atom stereocenters. The van der Waals surface area contributed by atoms with Crippen LogP contribution >= 0.6 is 0 Å². The molecule has 0 spiro atoms. The first kappa shape index (κ1) is 11.2. The zero-order chi connectivity index (χ0) is 11.4. The van der Waals surface area contributed by atoms with Gasteiger partial charge in [0.1, 0.15) is 0 Å². The average Bonchev–Trinajstić information content (AvgIpc) is 2.83. The van der Waals surface area contributed by atoms with Crippen LogP contribution in [0.5, 0.6) is 0 Å². The number of hydrogen-bond donors (Lipinski definition) is 0. The van der Waals surface area contributed by atoms with Crippen molar-refractivity contribution >= 4 is 5.57 Å². The standard InChI is InChI=1S/C14H19NO/c1-11(10-16-2)14-9-13(7-8-15-14)12-5-3-4-6-12/h7-10,12H,3-6H2,1-2H3/b11-10-. The summed E-state index contributed by atoms with van der Waals surface area (Å²) in [6, 6.07) is 4.36. The molecule has 0 bridgehead atoms. The van der Waals surface area contributed by atoms with Gasteiger partial charge < -0.3 is 4.74 Å². The molecule has 1 aromatic rings. The molecule has 0 radical (unpaired) electrons. The van der Waals surface area contributed by atoms with E-state index in [9.17, 15) is 0 Å². The van der Waals surface area contributed by atoms with Gasteiger partial charge in [-0.1, -0.05) is 12.8 Å². The maximum atomic E-state index is 5.02. The molecule has 1 heterocycles. The van der Waals surface area contributed by atoms with E-state index in [1.165, 1.54) is 31.2 Å². The van der Waals surface area contributed by atoms with Crippen molar-refractivity contribution in [3.8, 4) is 0 Å². The molecular weight excluding hydrogens is 198 g/mol. The number of pyridine rings is 1. The number of hydrogen-bond acceptors (Lipinski definition) is 2. The van der Waals surface area contributed by atoms with E-state index in [1.807, 2.05) is 13.1 Å². The molecule has 2 heteroatoms. The summed E-state index contributed by atoms with van der Waals surface area (Å²) in [4.78, 5) is 4.38. The third-order valence-electron chi connectivity index (χ3n) is 3.31. The topological polar surface area (TPSA) is 22.1 Å². The maximum Gasteiger partial charge on any atom is 0.0875 e. The lowest BCUT2D eigenvalue weighted by Gasteiger charge is -2.10. The molecule has 1 aliphatic carbocycles. The maximum absolute atomic E-state index is 5.02. The van der Waals surface area contributed by atoms with Crippen molar-refractivity contribution in [3.63, 3.8) is 0 Å². The first-order valence-electron chi connectivity index (χ1n) is 5.97. The second-order valence-corrected chi connectivity index (χ2v) is 4.49. The van der Waals surface area contributed by atoms with E-state index >= 15 is 0 Å². The molecule has 86 valence electrons. The Morgan fingerprint density at radius 2 is 2.19 bits per heavy atom. The SMILES string of the molecule is CO/C=C(/C)c1cc(C2CCCC2)ccn1. The van der Waals surface area contributed by atoms with E-state index in [0.29, 0.717) is 0 Å². The van der Waals surface area contributed by atoms with E-state index in [2.05, 4.69) is 17.1 Å². The number of aromatic nitrogens is 1. The fourth-order valence-corrected chi connectivity index (χ4v) is 2.41. The fraction of sp³-hybridized carbons (Fsp3) is 0.500. The van der Waals surface area contributed by atoms with E-state index in [-0.39, 0.29) is 0 Å². The Hall–Kier alpha value is -1.31. The lowest BCUT2D eigenvalue weighted by atomic mass is 9.97. The van der Waals surface area contributed by atoms with Gasteiger partial charge in [0, 0.05) is 11.8 Å². The predicted molar refractivity (Wildman–Crippen MR) is 66.1 cm³/mol. The van der Waals surface area contributed by atoms with Crippen LogP contribution in [-0.2, 0) is 4.74 Å². The van der Waals surface area contributed by atoms with E-state index in [0.717, 1.165) is 17.2 Å². The van der Waals surface area contributed by atoms with Gasteiger partial charge in [-0.15, -0.1) is 0 Å². The molecule has 1 aliphatic rings. The molecule has 0 N–H and O–H groups in total. The van der Waals surface area contributed by atoms with Crippen LogP contribution in [0.1, 0.15) is 49.8 Å². The van der Waals surface area contributed by atoms with Gasteiger partial charge >= 0.3 is 0 Å². The minimum Gasteiger partial charge on any atom is -0.504 e. The molecule has 0 amide bonds. The molecule has 1 saturated carbocycles. The summed E-state index contributed by atoms with van der Waals surface area (Å²) < 4.78 is 5.02. The van der Waals surface area contributed by atoms with Crippen molar-refractivity contribution in [3.05, 3.63) is 35.8 Å². The van der Waals surface area contributed by atoms with Crippen LogP contribution in [0.25, 0.3) is 5.57 Å². The predicted octanol–water partition coefficient (Wildman–Crippen LogP) is 3.75. The molecule has 0 aromatic carbocycles. The Kier molecular flexibility index (Phi) is 3.60. The van der Waals surface area contributed by atoms with Crippen molar-refractivity contribution in [1.82, 2.24) is 4.98 Å². The zero-order valence-corrected chi connectivity index (χ0v) is 10.1. The summed E-state index contributed by atoms with van der Waals surface area (Å²) in [6.07, 6.45) is 9.06. The summed E-state index contributed by atoms with van der Waals surface area (Å²) in [5.41, 5.74) is 3.56. The van der Waals surface area contributed by atoms with Crippen LogP contribution in [0, 0.1) is 0 Å². The normalized spacial score (nSPS) is 17.8. The first-order chi connectivity index (χ1) is 7.81. The van der Waals surface area contributed by atoms with Gasteiger partial charge in [-0.05, 0) is 43.4 Å². The van der Waals surface area contributed by atoms with Gasteiger partial charge in [0.25, 0.3) is 0 Å². The van der Waals surface area contributed by atoms with Gasteiger partial charge in [0.15, 0.2) is 0 Å². The lowest BCUT2D eigenvalue weighted by molar-refractivity contribution is 0.339. The van der Waals surface area contributed by atoms with Gasteiger partial charge in [-0.3, -0.25) is 4.98 Å². The molecule has 1 fully saturated rings. The largest absolute Gasteiger partial charge is 0.504 e. The van der Waals surface area contributed by atoms with Gasteiger partial charge in [0.2, 0.25) is 0 Å². The highest BCUT2D eigenvalue weighted by atomic mass is 16.5. The lowest BCUT2D eigenvalue weighted by Crippen LogP contribution is -1.95. The second kappa shape index (κ2) is 5.15. The Balaban J connectivity index is 2.22. The van der Waals surface area contributed by atoms with Crippen LogP contribution in [0.15, 0.2) is 24.6 Å². The van der Waals surface area contributed by atoms with Crippen LogP contribution in [0.3, 0.4) is 0 Å². The summed E-state index contributed by atoms with van der Waals surface area (Å²) in [6.45, 7) is 2.03. The Bertz CT molecular complexity index is 378. The highest BCUT2D eigenvalue weighted by molar-refractivity contribution is 5.59. The van der Waals surface area contributed by atoms with E-state index in [4.69, 9.17) is 4.74 Å². The number of rotatable bonds is 3. The summed E-state index contributed by atoms with van der Waals surface area (Å²) in [7, 11) is 1.67. The monoisotopic (exact) mass is 217 g/mol. The third-order valence-corrected chi connectivity index (χ3v) is 3.31. The fourth-order valence-electron chi connectivity index (χ4n) is 2.41. The summed E-state index contributed by atoms with van der Waals surface area (Å²) in [5, 5.41) is 0. The molecule has 0 aliphatic heterocycles. The summed E-state index contributed by atoms with van der Waals surface area (Å²) >= 11 is 0. The molecule has 2 nitrogen and oxygen atoms in total. The Morgan fingerprint density at radius 1 is 1.44 bits per heavy atom. The van der Waals surface area contributed by atoms with Gasteiger partial charge in [-0.25, -0.2) is 0 Å². The third kappa shape index (κ3) is 2.43. The molecular formula is C14H19NO. The second-order valence-electron chi connectivity index (χ2n) is 4.49. The number of methoxy groups -OCH3 is 1. The molecule has 1 aromatic heterocycles. The molecule has 0 saturated heterocycles. The highest BCUT2D eigenvalue weighted by Gasteiger charge is 2.17. The Morgan fingerprint density at radius 3 is 2.88 bits per heavy atom. The zero-order valence-electron chi connectivity index (χ0n) is 10.1. The van der Waals surface area contributed by atoms with Crippen LogP contribution in [0.4, 0.5) is 0 Å². The van der Waals surface area contributed by atoms with Crippen molar-refractivity contribution in [2.75, 3.05) is 7.11 Å². The van der Waals surface area contributed by atoms with Crippen molar-refractivity contribution in [1.29, 1.82) is 0 Å². The Labute approximate surface area is 97.4 Å². The molecule has 16 heavy (non-hydrogen) atoms. The van der Waals surface area contributed by atoms with Crippen LogP contribution < -0.4 is 0 Å². The molecule has 0 atom stereocenters. The molecule has 2 rings (SSSR count). The average molecular weight is 217 g/mol. The smallest absolute Gasteiger partial charge is 0.0875 e.